The fraction of sp³-hybridized carbons (Fsp3) is 0.227. The topological polar surface area (TPSA) is 88.4 Å². The quantitative estimate of drug-likeness (QED) is 0.384. The predicted molar refractivity (Wildman–Crippen MR) is 130 cm³/mol. The number of amidine groups is 1. The maximum Gasteiger partial charge on any atom is 0.335 e. The molecule has 1 N–H and O–H groups in total. The summed E-state index contributed by atoms with van der Waals surface area (Å²) in [5.41, 5.74) is 1.43. The highest BCUT2D eigenvalue weighted by Crippen LogP contribution is 2.37. The second kappa shape index (κ2) is 10.2. The van der Waals surface area contributed by atoms with Gasteiger partial charge in [0.2, 0.25) is 0 Å². The maximum atomic E-state index is 12.8. The first-order chi connectivity index (χ1) is 14.8. The number of aliphatic imine (C=N–C) groups is 1. The lowest BCUT2D eigenvalue weighted by molar-refractivity contribution is -0.121. The van der Waals surface area contributed by atoms with Crippen molar-refractivity contribution in [2.24, 2.45) is 4.99 Å². The molecular formula is C22H21IN2O5S. The van der Waals surface area contributed by atoms with Crippen LogP contribution in [0.2, 0.25) is 0 Å². The van der Waals surface area contributed by atoms with Crippen LogP contribution >= 0.6 is 34.4 Å². The monoisotopic (exact) mass is 552 g/mol. The van der Waals surface area contributed by atoms with Crippen molar-refractivity contribution >= 4 is 63.2 Å². The smallest absolute Gasteiger partial charge is 0.335 e. The fourth-order valence-electron chi connectivity index (χ4n) is 2.84. The van der Waals surface area contributed by atoms with E-state index in [4.69, 9.17) is 14.6 Å². The summed E-state index contributed by atoms with van der Waals surface area (Å²) < 4.78 is 12.3. The molecular weight excluding hydrogens is 531 g/mol. The van der Waals surface area contributed by atoms with E-state index in [-0.39, 0.29) is 11.5 Å². The van der Waals surface area contributed by atoms with Gasteiger partial charge in [-0.2, -0.15) is 0 Å². The summed E-state index contributed by atoms with van der Waals surface area (Å²) >= 11 is 3.43. The summed E-state index contributed by atoms with van der Waals surface area (Å²) in [5, 5.41) is 9.64. The van der Waals surface area contributed by atoms with E-state index in [9.17, 15) is 9.59 Å². The van der Waals surface area contributed by atoms with Crippen LogP contribution in [0.1, 0.15) is 29.8 Å². The largest absolute Gasteiger partial charge is 0.490 e. The molecule has 162 valence electrons. The molecule has 31 heavy (non-hydrogen) atoms. The standard InChI is InChI=1S/C22H21IN2O5S/c1-4-29-17-10-13(9-16(23)19(17)30-5-2)11-18-20(26)25(3)22(31-18)24-15-8-6-7-14(12-15)21(27)28/h6-12H,4-5H2,1-3H3,(H,27,28). The molecule has 0 bridgehead atoms. The number of carbonyl (C=O) groups is 2. The summed E-state index contributed by atoms with van der Waals surface area (Å²) in [6, 6.07) is 10.1. The minimum Gasteiger partial charge on any atom is -0.490 e. The van der Waals surface area contributed by atoms with Gasteiger partial charge in [-0.05, 0) is 90.2 Å². The zero-order valence-corrected chi connectivity index (χ0v) is 20.2. The van der Waals surface area contributed by atoms with Crippen molar-refractivity contribution in [2.45, 2.75) is 13.8 Å². The number of aromatic carboxylic acids is 1. The average molecular weight is 552 g/mol. The van der Waals surface area contributed by atoms with Crippen molar-refractivity contribution in [1.29, 1.82) is 0 Å². The summed E-state index contributed by atoms with van der Waals surface area (Å²) in [5.74, 6) is 0.114. The van der Waals surface area contributed by atoms with Crippen LogP contribution in [-0.4, -0.2) is 47.3 Å². The van der Waals surface area contributed by atoms with Gasteiger partial charge in [0.15, 0.2) is 16.7 Å². The lowest BCUT2D eigenvalue weighted by Gasteiger charge is -2.13. The molecule has 0 atom stereocenters. The number of likely N-dealkylation sites (N-methyl/N-ethyl adjacent to an activating group) is 1. The molecule has 1 saturated heterocycles. The number of carboxylic acids is 1. The minimum absolute atomic E-state index is 0.141. The van der Waals surface area contributed by atoms with Gasteiger partial charge in [-0.3, -0.25) is 9.69 Å². The Bertz CT molecular complexity index is 1080. The Labute approximate surface area is 198 Å². The molecule has 2 aromatic carbocycles. The molecule has 0 spiro atoms. The lowest BCUT2D eigenvalue weighted by Crippen LogP contribution is -2.23. The summed E-state index contributed by atoms with van der Waals surface area (Å²) in [6.45, 7) is 4.84. The molecule has 7 nitrogen and oxygen atoms in total. The highest BCUT2D eigenvalue weighted by Gasteiger charge is 2.30. The van der Waals surface area contributed by atoms with E-state index in [1.54, 1.807) is 25.3 Å². The molecule has 0 unspecified atom stereocenters. The van der Waals surface area contributed by atoms with E-state index in [0.29, 0.717) is 40.5 Å². The van der Waals surface area contributed by atoms with Crippen molar-refractivity contribution in [2.75, 3.05) is 20.3 Å². The van der Waals surface area contributed by atoms with E-state index >= 15 is 0 Å². The van der Waals surface area contributed by atoms with Gasteiger partial charge in [-0.15, -0.1) is 0 Å². The molecule has 2 aromatic rings. The number of hydrogen-bond acceptors (Lipinski definition) is 6. The van der Waals surface area contributed by atoms with Gasteiger partial charge in [-0.1, -0.05) is 6.07 Å². The minimum atomic E-state index is -1.03. The Balaban J connectivity index is 1.93. The number of amides is 1. The highest BCUT2D eigenvalue weighted by molar-refractivity contribution is 14.1. The first-order valence-corrected chi connectivity index (χ1v) is 11.4. The molecule has 1 aliphatic heterocycles. The molecule has 1 heterocycles. The Hall–Kier alpha value is -2.53. The number of nitrogens with zero attached hydrogens (tertiary/aromatic N) is 2. The summed E-state index contributed by atoms with van der Waals surface area (Å²) in [4.78, 5) is 30.4. The second-order valence-corrected chi connectivity index (χ2v) is 8.59. The van der Waals surface area contributed by atoms with E-state index in [2.05, 4.69) is 27.6 Å². The van der Waals surface area contributed by atoms with E-state index in [0.717, 1.165) is 9.13 Å². The highest BCUT2D eigenvalue weighted by atomic mass is 127. The Morgan fingerprint density at radius 1 is 1.23 bits per heavy atom. The number of thioether (sulfide) groups is 1. The average Bonchev–Trinajstić information content (AvgIpc) is 2.99. The zero-order valence-electron chi connectivity index (χ0n) is 17.2. The third kappa shape index (κ3) is 5.40. The summed E-state index contributed by atoms with van der Waals surface area (Å²) in [6.07, 6.45) is 1.79. The Morgan fingerprint density at radius 3 is 2.65 bits per heavy atom. The normalized spacial score (nSPS) is 16.3. The van der Waals surface area contributed by atoms with Gasteiger partial charge in [-0.25, -0.2) is 9.79 Å². The third-order valence-corrected chi connectivity index (χ3v) is 6.10. The number of rotatable bonds is 7. The van der Waals surface area contributed by atoms with Crippen LogP contribution in [0.25, 0.3) is 6.08 Å². The van der Waals surface area contributed by atoms with Crippen LogP contribution in [0, 0.1) is 3.57 Å². The number of benzene rings is 2. The fourth-order valence-corrected chi connectivity index (χ4v) is 4.61. The third-order valence-electron chi connectivity index (χ3n) is 4.24. The van der Waals surface area contributed by atoms with Crippen molar-refractivity contribution in [3.05, 3.63) is 56.0 Å². The number of carboxylic acid groups (broad SMARTS) is 1. The van der Waals surface area contributed by atoms with Crippen molar-refractivity contribution in [1.82, 2.24) is 4.90 Å². The molecule has 3 rings (SSSR count). The maximum absolute atomic E-state index is 12.8. The van der Waals surface area contributed by atoms with Crippen LogP contribution in [0.3, 0.4) is 0 Å². The second-order valence-electron chi connectivity index (χ2n) is 6.42. The Morgan fingerprint density at radius 2 is 1.97 bits per heavy atom. The molecule has 0 saturated carbocycles. The van der Waals surface area contributed by atoms with Gasteiger partial charge in [0.05, 0.1) is 32.9 Å². The molecule has 0 aliphatic carbocycles. The number of halogens is 1. The molecule has 9 heteroatoms. The van der Waals surface area contributed by atoms with E-state index < -0.39 is 5.97 Å². The first-order valence-electron chi connectivity index (χ1n) is 9.52. The number of hydrogen-bond donors (Lipinski definition) is 1. The molecule has 0 radical (unpaired) electrons. The van der Waals surface area contributed by atoms with Crippen molar-refractivity contribution in [3.63, 3.8) is 0 Å². The van der Waals surface area contributed by atoms with Crippen molar-refractivity contribution < 1.29 is 24.2 Å². The van der Waals surface area contributed by atoms with Gasteiger partial charge in [0, 0.05) is 7.05 Å². The Kier molecular flexibility index (Phi) is 7.60. The zero-order chi connectivity index (χ0) is 22.5. The first kappa shape index (κ1) is 23.1. The molecule has 1 fully saturated rings. The van der Waals surface area contributed by atoms with Crippen molar-refractivity contribution in [3.8, 4) is 11.5 Å². The van der Waals surface area contributed by atoms with Crippen LogP contribution in [0.15, 0.2) is 46.3 Å². The van der Waals surface area contributed by atoms with Crippen LogP contribution in [0.4, 0.5) is 5.69 Å². The number of ether oxygens (including phenoxy) is 2. The van der Waals surface area contributed by atoms with Crippen LogP contribution < -0.4 is 9.47 Å². The lowest BCUT2D eigenvalue weighted by atomic mass is 10.2. The van der Waals surface area contributed by atoms with E-state index in [1.165, 1.54) is 28.8 Å². The SMILES string of the molecule is CCOc1cc(C=C2SC(=Nc3cccc(C(=O)O)c3)N(C)C2=O)cc(I)c1OCC. The molecule has 1 amide bonds. The van der Waals surface area contributed by atoms with Crippen LogP contribution in [-0.2, 0) is 4.79 Å². The predicted octanol–water partition coefficient (Wildman–Crippen LogP) is 5.02. The molecule has 0 aromatic heterocycles. The van der Waals surface area contributed by atoms with E-state index in [1.807, 2.05) is 26.0 Å². The van der Waals surface area contributed by atoms with Gasteiger partial charge in [0.25, 0.3) is 5.91 Å². The van der Waals surface area contributed by atoms with Gasteiger partial charge < -0.3 is 14.6 Å². The summed E-state index contributed by atoms with van der Waals surface area (Å²) in [7, 11) is 1.64. The number of carbonyl (C=O) groups excluding carboxylic acids is 1. The van der Waals surface area contributed by atoms with Crippen LogP contribution in [0.5, 0.6) is 11.5 Å². The van der Waals surface area contributed by atoms with Gasteiger partial charge >= 0.3 is 5.97 Å². The molecule has 1 aliphatic rings. The van der Waals surface area contributed by atoms with Gasteiger partial charge in [0.1, 0.15) is 0 Å².